The lowest BCUT2D eigenvalue weighted by atomic mass is 9.91. The molecule has 1 atom stereocenters. The zero-order chi connectivity index (χ0) is 16.4. The molecule has 1 saturated heterocycles. The summed E-state index contributed by atoms with van der Waals surface area (Å²) in [4.78, 5) is 20.3. The smallest absolute Gasteiger partial charge is 0.266 e. The Labute approximate surface area is 165 Å². The molecule has 25 heavy (non-hydrogen) atoms. The molecule has 0 saturated carbocycles. The highest BCUT2D eigenvalue weighted by Crippen LogP contribution is 2.30. The summed E-state index contributed by atoms with van der Waals surface area (Å²) in [5.41, 5.74) is 7.81. The predicted molar refractivity (Wildman–Crippen MR) is 109 cm³/mol. The SMILES string of the molecule is Cc1nc(-c2ccccc2)c(C(=O)N2CCC(C(C)N)CC2)s1.Cl.Cl. The molecule has 1 unspecified atom stereocenters. The van der Waals surface area contributed by atoms with Gasteiger partial charge >= 0.3 is 0 Å². The molecular formula is C18H25Cl2N3OS. The summed E-state index contributed by atoms with van der Waals surface area (Å²) in [7, 11) is 0. The first kappa shape index (κ1) is 21.9. The van der Waals surface area contributed by atoms with E-state index < -0.39 is 0 Å². The van der Waals surface area contributed by atoms with E-state index in [1.165, 1.54) is 11.3 Å². The Kier molecular flexibility index (Phi) is 8.35. The van der Waals surface area contributed by atoms with Gasteiger partial charge in [-0.3, -0.25) is 4.79 Å². The van der Waals surface area contributed by atoms with Gasteiger partial charge in [0.1, 0.15) is 4.88 Å². The highest BCUT2D eigenvalue weighted by Gasteiger charge is 2.28. The molecular weight excluding hydrogens is 377 g/mol. The van der Waals surface area contributed by atoms with Crippen molar-refractivity contribution in [2.75, 3.05) is 13.1 Å². The molecule has 0 bridgehead atoms. The average Bonchev–Trinajstić information content (AvgIpc) is 2.97. The van der Waals surface area contributed by atoms with Gasteiger partial charge in [0, 0.05) is 24.7 Å². The second-order valence-electron chi connectivity index (χ2n) is 6.27. The van der Waals surface area contributed by atoms with Gasteiger partial charge in [-0.2, -0.15) is 0 Å². The maximum atomic E-state index is 12.9. The Morgan fingerprint density at radius 1 is 1.24 bits per heavy atom. The number of aryl methyl sites for hydroxylation is 1. The molecule has 0 aliphatic carbocycles. The van der Waals surface area contributed by atoms with E-state index in [1.807, 2.05) is 42.2 Å². The summed E-state index contributed by atoms with van der Waals surface area (Å²) >= 11 is 1.49. The van der Waals surface area contributed by atoms with E-state index in [-0.39, 0.29) is 36.8 Å². The van der Waals surface area contributed by atoms with E-state index in [4.69, 9.17) is 5.73 Å². The van der Waals surface area contributed by atoms with Crippen molar-refractivity contribution in [1.82, 2.24) is 9.88 Å². The minimum Gasteiger partial charge on any atom is -0.338 e. The van der Waals surface area contributed by atoms with E-state index in [0.717, 1.165) is 47.1 Å². The van der Waals surface area contributed by atoms with Crippen molar-refractivity contribution in [3.05, 3.63) is 40.2 Å². The molecule has 2 N–H and O–H groups in total. The number of benzene rings is 1. The zero-order valence-electron chi connectivity index (χ0n) is 14.5. The molecule has 0 spiro atoms. The van der Waals surface area contributed by atoms with Crippen LogP contribution in [0.25, 0.3) is 11.3 Å². The Hall–Kier alpha value is -1.14. The molecule has 3 rings (SSSR count). The normalized spacial score (nSPS) is 15.9. The fourth-order valence-electron chi connectivity index (χ4n) is 3.14. The van der Waals surface area contributed by atoms with Crippen LogP contribution in [-0.2, 0) is 0 Å². The highest BCUT2D eigenvalue weighted by atomic mass is 35.5. The van der Waals surface area contributed by atoms with Gasteiger partial charge in [0.2, 0.25) is 0 Å². The molecule has 138 valence electrons. The number of likely N-dealkylation sites (tertiary alicyclic amines) is 1. The lowest BCUT2D eigenvalue weighted by molar-refractivity contribution is 0.0686. The van der Waals surface area contributed by atoms with Gasteiger partial charge in [-0.05, 0) is 32.6 Å². The quantitative estimate of drug-likeness (QED) is 0.839. The van der Waals surface area contributed by atoms with Gasteiger partial charge in [-0.1, -0.05) is 30.3 Å². The molecule has 4 nitrogen and oxygen atoms in total. The summed E-state index contributed by atoms with van der Waals surface area (Å²) < 4.78 is 0. The van der Waals surface area contributed by atoms with Crippen molar-refractivity contribution in [3.63, 3.8) is 0 Å². The van der Waals surface area contributed by atoms with Crippen LogP contribution in [0.4, 0.5) is 0 Å². The van der Waals surface area contributed by atoms with Crippen molar-refractivity contribution in [1.29, 1.82) is 0 Å². The van der Waals surface area contributed by atoms with Gasteiger partial charge in [0.15, 0.2) is 0 Å². The summed E-state index contributed by atoms with van der Waals surface area (Å²) in [5, 5.41) is 0.928. The summed E-state index contributed by atoms with van der Waals surface area (Å²) in [6.45, 7) is 5.59. The molecule has 1 aliphatic rings. The second kappa shape index (κ2) is 9.53. The third-order valence-electron chi connectivity index (χ3n) is 4.55. The predicted octanol–water partition coefficient (Wildman–Crippen LogP) is 4.16. The number of thiazole rings is 1. The number of nitrogens with zero attached hydrogens (tertiary/aromatic N) is 2. The number of halogens is 2. The molecule has 1 aromatic heterocycles. The van der Waals surface area contributed by atoms with Crippen LogP contribution in [0.1, 0.15) is 34.4 Å². The fraction of sp³-hybridized carbons (Fsp3) is 0.444. The summed E-state index contributed by atoms with van der Waals surface area (Å²) in [6, 6.07) is 10.2. The van der Waals surface area contributed by atoms with Crippen LogP contribution in [0.15, 0.2) is 30.3 Å². The number of carbonyl (C=O) groups excluding carboxylic acids is 1. The summed E-state index contributed by atoms with van der Waals surface area (Å²) in [5.74, 6) is 0.633. The number of nitrogens with two attached hydrogens (primary N) is 1. The Bertz CT molecular complexity index is 683. The minimum absolute atomic E-state index is 0. The number of piperidine rings is 1. The number of carbonyl (C=O) groups is 1. The number of hydrogen-bond donors (Lipinski definition) is 1. The molecule has 1 aromatic carbocycles. The van der Waals surface area contributed by atoms with Gasteiger partial charge < -0.3 is 10.6 Å². The van der Waals surface area contributed by atoms with E-state index in [0.29, 0.717) is 5.92 Å². The minimum atomic E-state index is 0. The first-order valence-corrected chi connectivity index (χ1v) is 8.95. The summed E-state index contributed by atoms with van der Waals surface area (Å²) in [6.07, 6.45) is 1.98. The van der Waals surface area contributed by atoms with Crippen LogP contribution in [0, 0.1) is 12.8 Å². The van der Waals surface area contributed by atoms with Crippen LogP contribution >= 0.6 is 36.2 Å². The van der Waals surface area contributed by atoms with Crippen molar-refractivity contribution in [2.24, 2.45) is 11.7 Å². The maximum Gasteiger partial charge on any atom is 0.266 e. The first-order valence-electron chi connectivity index (χ1n) is 8.14. The van der Waals surface area contributed by atoms with Crippen LogP contribution < -0.4 is 5.73 Å². The topological polar surface area (TPSA) is 59.2 Å². The third kappa shape index (κ3) is 4.94. The number of amides is 1. The van der Waals surface area contributed by atoms with E-state index in [2.05, 4.69) is 11.9 Å². The zero-order valence-corrected chi connectivity index (χ0v) is 16.9. The van der Waals surface area contributed by atoms with E-state index >= 15 is 0 Å². The van der Waals surface area contributed by atoms with Crippen molar-refractivity contribution in [3.8, 4) is 11.3 Å². The molecule has 1 aliphatic heterocycles. The lowest BCUT2D eigenvalue weighted by Gasteiger charge is -2.33. The van der Waals surface area contributed by atoms with Gasteiger partial charge in [0.05, 0.1) is 10.7 Å². The molecule has 1 fully saturated rings. The third-order valence-corrected chi connectivity index (χ3v) is 5.50. The molecule has 2 aromatic rings. The van der Waals surface area contributed by atoms with Crippen molar-refractivity contribution in [2.45, 2.75) is 32.7 Å². The highest BCUT2D eigenvalue weighted by molar-refractivity contribution is 7.14. The van der Waals surface area contributed by atoms with E-state index in [1.54, 1.807) is 0 Å². The van der Waals surface area contributed by atoms with E-state index in [9.17, 15) is 4.79 Å². The molecule has 1 amide bonds. The average molecular weight is 402 g/mol. The van der Waals surface area contributed by atoms with Gasteiger partial charge in [-0.25, -0.2) is 4.98 Å². The second-order valence-corrected chi connectivity index (χ2v) is 7.47. The van der Waals surface area contributed by atoms with Crippen LogP contribution in [0.2, 0.25) is 0 Å². The van der Waals surface area contributed by atoms with Crippen molar-refractivity contribution >= 4 is 42.1 Å². The fourth-order valence-corrected chi connectivity index (χ4v) is 4.04. The maximum absolute atomic E-state index is 12.9. The number of aromatic nitrogens is 1. The lowest BCUT2D eigenvalue weighted by Crippen LogP contribution is -2.42. The molecule has 7 heteroatoms. The standard InChI is InChI=1S/C18H23N3OS.2ClH/c1-12(19)14-8-10-21(11-9-14)18(22)17-16(20-13(2)23-17)15-6-4-3-5-7-15;;/h3-7,12,14H,8-11,19H2,1-2H3;2*1H. The van der Waals surface area contributed by atoms with Crippen LogP contribution in [0.3, 0.4) is 0 Å². The molecule has 0 radical (unpaired) electrons. The molecule has 2 heterocycles. The van der Waals surface area contributed by atoms with Gasteiger partial charge in [0.25, 0.3) is 5.91 Å². The number of rotatable bonds is 3. The van der Waals surface area contributed by atoms with Crippen LogP contribution in [-0.4, -0.2) is 34.9 Å². The monoisotopic (exact) mass is 401 g/mol. The largest absolute Gasteiger partial charge is 0.338 e. The Morgan fingerprint density at radius 2 is 1.84 bits per heavy atom. The number of hydrogen-bond acceptors (Lipinski definition) is 4. The Balaban J connectivity index is 0.00000156. The van der Waals surface area contributed by atoms with Crippen LogP contribution in [0.5, 0.6) is 0 Å². The van der Waals surface area contributed by atoms with Crippen molar-refractivity contribution < 1.29 is 4.79 Å². The Morgan fingerprint density at radius 3 is 2.40 bits per heavy atom. The first-order chi connectivity index (χ1) is 11.1. The van der Waals surface area contributed by atoms with Gasteiger partial charge in [-0.15, -0.1) is 36.2 Å².